The quantitative estimate of drug-likeness (QED) is 0.539. The third kappa shape index (κ3) is 5.64. The minimum absolute atomic E-state index is 0.250. The van der Waals surface area contributed by atoms with E-state index in [1.807, 2.05) is 0 Å². The lowest BCUT2D eigenvalue weighted by molar-refractivity contribution is -0.191. The van der Waals surface area contributed by atoms with Gasteiger partial charge in [0, 0.05) is 6.54 Å². The number of nitriles is 1. The molecule has 6 nitrogen and oxygen atoms in total. The lowest BCUT2D eigenvalue weighted by Gasteiger charge is -2.18. The van der Waals surface area contributed by atoms with Crippen molar-refractivity contribution in [1.29, 1.82) is 5.26 Å². The van der Waals surface area contributed by atoms with Crippen LogP contribution in [0, 0.1) is 16.7 Å². The Bertz CT molecular complexity index is 265. The predicted molar refractivity (Wildman–Crippen MR) is 54.8 cm³/mol. The Hall–Kier alpha value is -1.19. The van der Waals surface area contributed by atoms with Gasteiger partial charge in [-0.2, -0.15) is 14.9 Å². The molecule has 0 amide bonds. The van der Waals surface area contributed by atoms with Crippen molar-refractivity contribution in [3.63, 3.8) is 0 Å². The summed E-state index contributed by atoms with van der Waals surface area (Å²) in [7, 11) is -1.23. The van der Waals surface area contributed by atoms with Gasteiger partial charge in [-0.25, -0.2) is 0 Å². The van der Waals surface area contributed by atoms with Crippen LogP contribution < -0.4 is 5.32 Å². The molecule has 0 bridgehead atoms. The smallest absolute Gasteiger partial charge is 0.427 e. The summed E-state index contributed by atoms with van der Waals surface area (Å²) in [6.45, 7) is 1.64. The van der Waals surface area contributed by atoms with Gasteiger partial charge in [0.15, 0.2) is 0 Å². The van der Waals surface area contributed by atoms with E-state index in [2.05, 4.69) is 11.4 Å². The Morgan fingerprint density at radius 1 is 1.44 bits per heavy atom. The van der Waals surface area contributed by atoms with Crippen molar-refractivity contribution in [1.82, 2.24) is 5.32 Å². The van der Waals surface area contributed by atoms with Gasteiger partial charge in [0.25, 0.3) is 0 Å². The van der Waals surface area contributed by atoms with Crippen molar-refractivity contribution in [3.05, 3.63) is 0 Å². The largest absolute Gasteiger partial charge is 0.451 e. The monoisotopic (exact) mass is 226 g/mol. The first kappa shape index (κ1) is 14.8. The molecule has 0 aliphatic carbocycles. The molecule has 1 heterocycles. The molecule has 0 unspecified atom stereocenters. The van der Waals surface area contributed by atoms with E-state index in [1.54, 1.807) is 0 Å². The third-order valence-corrected chi connectivity index (χ3v) is 2.60. The van der Waals surface area contributed by atoms with Gasteiger partial charge >= 0.3 is 13.3 Å². The van der Waals surface area contributed by atoms with Crippen LogP contribution in [0.15, 0.2) is 0 Å². The standard InChI is InChI=1S/C8H15BN2O2.CO2/c10-6-8(3-5-11-7-8)2-1-4-9(12)13;2-1-3/h11-13H,1-5,7H2;/t8-;/m1./s1. The molecule has 0 aromatic heterocycles. The van der Waals surface area contributed by atoms with E-state index < -0.39 is 7.12 Å². The second-order valence-corrected chi connectivity index (χ2v) is 3.78. The lowest BCUT2D eigenvalue weighted by atomic mass is 9.77. The summed E-state index contributed by atoms with van der Waals surface area (Å²) in [5.74, 6) is 0. The summed E-state index contributed by atoms with van der Waals surface area (Å²) < 4.78 is 0. The summed E-state index contributed by atoms with van der Waals surface area (Å²) in [6, 6.07) is 2.33. The maximum Gasteiger partial charge on any atom is 0.451 e. The fourth-order valence-electron chi connectivity index (χ4n) is 1.73. The summed E-state index contributed by atoms with van der Waals surface area (Å²) in [5.41, 5.74) is -0.255. The Morgan fingerprint density at radius 2 is 2.06 bits per heavy atom. The van der Waals surface area contributed by atoms with Crippen molar-refractivity contribution >= 4 is 13.3 Å². The van der Waals surface area contributed by atoms with E-state index in [-0.39, 0.29) is 11.6 Å². The second-order valence-electron chi connectivity index (χ2n) is 3.78. The zero-order valence-corrected chi connectivity index (χ0v) is 8.98. The van der Waals surface area contributed by atoms with Crippen LogP contribution in [-0.4, -0.2) is 36.4 Å². The van der Waals surface area contributed by atoms with Crippen LogP contribution in [0.2, 0.25) is 6.32 Å². The first-order chi connectivity index (χ1) is 7.60. The van der Waals surface area contributed by atoms with E-state index >= 15 is 0 Å². The zero-order chi connectivity index (χ0) is 12.4. The summed E-state index contributed by atoms with van der Waals surface area (Å²) in [5, 5.41) is 29.4. The lowest BCUT2D eigenvalue weighted by Crippen LogP contribution is -2.22. The van der Waals surface area contributed by atoms with Gasteiger partial charge in [-0.3, -0.25) is 0 Å². The van der Waals surface area contributed by atoms with Crippen LogP contribution >= 0.6 is 0 Å². The number of rotatable bonds is 4. The topological polar surface area (TPSA) is 110 Å². The third-order valence-electron chi connectivity index (χ3n) is 2.60. The van der Waals surface area contributed by atoms with Crippen molar-refractivity contribution in [3.8, 4) is 6.07 Å². The molecule has 0 aromatic carbocycles. The van der Waals surface area contributed by atoms with E-state index in [4.69, 9.17) is 24.9 Å². The minimum atomic E-state index is -1.23. The van der Waals surface area contributed by atoms with E-state index in [0.29, 0.717) is 12.7 Å². The number of hydrogen-bond donors (Lipinski definition) is 3. The van der Waals surface area contributed by atoms with Crippen LogP contribution in [-0.2, 0) is 9.59 Å². The van der Waals surface area contributed by atoms with Gasteiger partial charge in [-0.1, -0.05) is 6.42 Å². The van der Waals surface area contributed by atoms with Crippen molar-refractivity contribution in [2.24, 2.45) is 5.41 Å². The summed E-state index contributed by atoms with van der Waals surface area (Å²) >= 11 is 0. The molecule has 88 valence electrons. The van der Waals surface area contributed by atoms with Gasteiger partial charge in [0.05, 0.1) is 11.5 Å². The van der Waals surface area contributed by atoms with Gasteiger partial charge in [-0.15, -0.1) is 0 Å². The van der Waals surface area contributed by atoms with Crippen LogP contribution in [0.5, 0.6) is 0 Å². The number of hydrogen-bond acceptors (Lipinski definition) is 6. The molecule has 3 N–H and O–H groups in total. The minimum Gasteiger partial charge on any atom is -0.427 e. The average Bonchev–Trinajstić information content (AvgIpc) is 2.68. The Balaban J connectivity index is 0.000000673. The molecule has 1 aliphatic rings. The van der Waals surface area contributed by atoms with Gasteiger partial charge in [-0.05, 0) is 25.7 Å². The van der Waals surface area contributed by atoms with Crippen LogP contribution in [0.4, 0.5) is 0 Å². The van der Waals surface area contributed by atoms with E-state index in [1.165, 1.54) is 0 Å². The van der Waals surface area contributed by atoms with E-state index in [0.717, 1.165) is 25.9 Å². The van der Waals surface area contributed by atoms with Crippen molar-refractivity contribution in [2.45, 2.75) is 25.6 Å². The van der Waals surface area contributed by atoms with Gasteiger partial charge < -0.3 is 15.4 Å². The fraction of sp³-hybridized carbons (Fsp3) is 0.778. The molecular formula is C9H15BN2O4. The molecule has 16 heavy (non-hydrogen) atoms. The highest BCUT2D eigenvalue weighted by Gasteiger charge is 2.33. The van der Waals surface area contributed by atoms with Gasteiger partial charge in [0.2, 0.25) is 0 Å². The second kappa shape index (κ2) is 8.02. The highest BCUT2D eigenvalue weighted by molar-refractivity contribution is 6.40. The summed E-state index contributed by atoms with van der Waals surface area (Å²) in [4.78, 5) is 16.2. The highest BCUT2D eigenvalue weighted by atomic mass is 16.4. The molecule has 0 radical (unpaired) electrons. The fourth-order valence-corrected chi connectivity index (χ4v) is 1.73. The molecule has 1 saturated heterocycles. The van der Waals surface area contributed by atoms with Crippen molar-refractivity contribution in [2.75, 3.05) is 13.1 Å². The molecule has 1 aliphatic heterocycles. The van der Waals surface area contributed by atoms with Crippen LogP contribution in [0.25, 0.3) is 0 Å². The maximum atomic E-state index is 8.97. The number of nitrogens with one attached hydrogen (secondary N) is 1. The molecule has 1 fully saturated rings. The molecule has 7 heteroatoms. The van der Waals surface area contributed by atoms with Gasteiger partial charge in [0.1, 0.15) is 0 Å². The zero-order valence-electron chi connectivity index (χ0n) is 8.98. The molecule has 1 rings (SSSR count). The summed E-state index contributed by atoms with van der Waals surface area (Å²) in [6.07, 6.45) is 2.95. The highest BCUT2D eigenvalue weighted by Crippen LogP contribution is 2.30. The molecule has 0 saturated carbocycles. The Kier molecular flexibility index (Phi) is 7.43. The predicted octanol–water partition coefficient (Wildman–Crippen LogP) is -0.841. The first-order valence-corrected chi connectivity index (χ1v) is 5.07. The Labute approximate surface area is 94.4 Å². The van der Waals surface area contributed by atoms with Crippen molar-refractivity contribution < 1.29 is 19.6 Å². The molecular weight excluding hydrogens is 211 g/mol. The molecule has 0 aromatic rings. The average molecular weight is 226 g/mol. The van der Waals surface area contributed by atoms with Crippen LogP contribution in [0.3, 0.4) is 0 Å². The Morgan fingerprint density at radius 3 is 2.44 bits per heavy atom. The van der Waals surface area contributed by atoms with E-state index in [9.17, 15) is 0 Å². The molecule has 0 spiro atoms. The number of nitrogens with zero attached hydrogens (tertiary/aromatic N) is 1. The van der Waals surface area contributed by atoms with Crippen LogP contribution in [0.1, 0.15) is 19.3 Å². The first-order valence-electron chi connectivity index (χ1n) is 5.07. The normalized spacial score (nSPS) is 22.6. The SMILES string of the molecule is N#C[C@@]1(CCCB(O)O)CCNC1.O=C=O. The maximum absolute atomic E-state index is 8.97. The number of carbonyl (C=O) groups excluding carboxylic acids is 2. The molecule has 1 atom stereocenters.